The Balaban J connectivity index is 1.78. The van der Waals surface area contributed by atoms with Gasteiger partial charge < -0.3 is 4.74 Å². The van der Waals surface area contributed by atoms with Gasteiger partial charge in [0.2, 0.25) is 0 Å². The second kappa shape index (κ2) is 8.50. The number of halogens is 2. The Bertz CT molecular complexity index is 1260. The Morgan fingerprint density at radius 2 is 1.23 bits per heavy atom. The summed E-state index contributed by atoms with van der Waals surface area (Å²) in [5.74, 6) is -0.161. The highest BCUT2D eigenvalue weighted by atomic mass is 35.5. The number of methoxy groups -OCH3 is 1. The van der Waals surface area contributed by atoms with E-state index in [9.17, 15) is 21.2 Å². The van der Waals surface area contributed by atoms with Gasteiger partial charge in [-0.3, -0.25) is 9.44 Å². The second-order valence-electron chi connectivity index (χ2n) is 6.04. The van der Waals surface area contributed by atoms with Crippen molar-refractivity contribution < 1.29 is 26.0 Å². The summed E-state index contributed by atoms with van der Waals surface area (Å²) in [6.07, 6.45) is 0. The summed E-state index contributed by atoms with van der Waals surface area (Å²) in [5, 5.41) is 0.133. The molecule has 0 unspecified atom stereocenters. The van der Waals surface area contributed by atoms with Gasteiger partial charge in [0.25, 0.3) is 20.0 Å². The quantitative estimate of drug-likeness (QED) is 0.541. The average molecular weight is 471 g/mol. The van der Waals surface area contributed by atoms with Gasteiger partial charge in [-0.1, -0.05) is 11.6 Å². The molecule has 0 aliphatic heterocycles. The van der Waals surface area contributed by atoms with Gasteiger partial charge in [0, 0.05) is 11.4 Å². The van der Waals surface area contributed by atoms with Crippen LogP contribution in [0.15, 0.2) is 76.5 Å². The molecule has 158 valence electrons. The molecule has 3 aromatic rings. The first-order valence-corrected chi connectivity index (χ1v) is 11.7. The van der Waals surface area contributed by atoms with Gasteiger partial charge in [-0.15, -0.1) is 0 Å². The SMILES string of the molecule is COc1ccc(S(=O)(=O)Nc2ccc(S(=O)(=O)Nc3ccc(F)cc3)cc2)cc1Cl. The van der Waals surface area contributed by atoms with Crippen molar-refractivity contribution in [3.05, 3.63) is 77.6 Å². The van der Waals surface area contributed by atoms with E-state index in [0.717, 1.165) is 12.1 Å². The zero-order chi connectivity index (χ0) is 21.9. The molecule has 0 amide bonds. The van der Waals surface area contributed by atoms with Gasteiger partial charge in [-0.2, -0.15) is 0 Å². The smallest absolute Gasteiger partial charge is 0.261 e. The van der Waals surface area contributed by atoms with Crippen LogP contribution in [0.1, 0.15) is 0 Å². The predicted octanol–water partition coefficient (Wildman–Crippen LogP) is 4.09. The number of ether oxygens (including phenoxy) is 1. The summed E-state index contributed by atoms with van der Waals surface area (Å²) in [6.45, 7) is 0. The molecule has 0 heterocycles. The van der Waals surface area contributed by atoms with Crippen molar-refractivity contribution in [3.63, 3.8) is 0 Å². The van der Waals surface area contributed by atoms with E-state index in [0.29, 0.717) is 5.75 Å². The van der Waals surface area contributed by atoms with E-state index in [-0.39, 0.29) is 26.2 Å². The van der Waals surface area contributed by atoms with Crippen molar-refractivity contribution in [2.24, 2.45) is 0 Å². The first-order valence-electron chi connectivity index (χ1n) is 8.35. The van der Waals surface area contributed by atoms with Crippen LogP contribution in [0.5, 0.6) is 5.75 Å². The molecule has 0 saturated carbocycles. The molecule has 7 nitrogen and oxygen atoms in total. The molecule has 11 heteroatoms. The number of hydrogen-bond donors (Lipinski definition) is 2. The van der Waals surface area contributed by atoms with Crippen LogP contribution >= 0.6 is 11.6 Å². The van der Waals surface area contributed by atoms with Gasteiger partial charge in [0.05, 0.1) is 21.9 Å². The second-order valence-corrected chi connectivity index (χ2v) is 9.81. The van der Waals surface area contributed by atoms with Crippen LogP contribution in [0.25, 0.3) is 0 Å². The van der Waals surface area contributed by atoms with Crippen LogP contribution in [0.2, 0.25) is 5.02 Å². The minimum atomic E-state index is -3.95. The van der Waals surface area contributed by atoms with Crippen molar-refractivity contribution in [1.82, 2.24) is 0 Å². The molecule has 2 N–H and O–H groups in total. The topological polar surface area (TPSA) is 102 Å². The number of benzene rings is 3. The number of hydrogen-bond acceptors (Lipinski definition) is 5. The van der Waals surface area contributed by atoms with Crippen LogP contribution in [-0.4, -0.2) is 23.9 Å². The highest BCUT2D eigenvalue weighted by molar-refractivity contribution is 7.93. The number of nitrogens with one attached hydrogen (secondary N) is 2. The average Bonchev–Trinajstić information content (AvgIpc) is 2.69. The maximum Gasteiger partial charge on any atom is 0.261 e. The fraction of sp³-hybridized carbons (Fsp3) is 0.0526. The summed E-state index contributed by atoms with van der Waals surface area (Å²) in [4.78, 5) is -0.176. The maximum atomic E-state index is 13.0. The van der Waals surface area contributed by atoms with Crippen molar-refractivity contribution in [1.29, 1.82) is 0 Å². The Morgan fingerprint density at radius 1 is 0.767 bits per heavy atom. The zero-order valence-electron chi connectivity index (χ0n) is 15.5. The van der Waals surface area contributed by atoms with Gasteiger partial charge >= 0.3 is 0 Å². The molecule has 0 aliphatic carbocycles. The van der Waals surface area contributed by atoms with E-state index in [1.807, 2.05) is 0 Å². The lowest BCUT2D eigenvalue weighted by Gasteiger charge is -2.11. The summed E-state index contributed by atoms with van der Waals surface area (Å²) in [5.41, 5.74) is 0.347. The fourth-order valence-electron chi connectivity index (χ4n) is 2.46. The molecule has 0 saturated heterocycles. The first-order chi connectivity index (χ1) is 14.1. The number of sulfonamides is 2. The highest BCUT2D eigenvalue weighted by Crippen LogP contribution is 2.28. The van der Waals surface area contributed by atoms with Crippen LogP contribution in [-0.2, 0) is 20.0 Å². The normalized spacial score (nSPS) is 11.7. The van der Waals surface area contributed by atoms with Crippen molar-refractivity contribution in [2.45, 2.75) is 9.79 Å². The number of rotatable bonds is 7. The van der Waals surface area contributed by atoms with Crippen LogP contribution < -0.4 is 14.2 Å². The van der Waals surface area contributed by atoms with E-state index in [1.54, 1.807) is 0 Å². The third-order valence-electron chi connectivity index (χ3n) is 3.95. The predicted molar refractivity (Wildman–Crippen MR) is 112 cm³/mol. The molecule has 3 rings (SSSR count). The standard InChI is InChI=1S/C19H16ClFN2O5S2/c1-28-19-11-10-17(12-18(19)20)30(26,27)23-15-6-8-16(9-7-15)29(24,25)22-14-4-2-13(21)3-5-14/h2-12,22-23H,1H3. The minimum absolute atomic E-state index is 0.0806. The Kier molecular flexibility index (Phi) is 6.20. The van der Waals surface area contributed by atoms with E-state index in [2.05, 4.69) is 9.44 Å². The molecule has 30 heavy (non-hydrogen) atoms. The van der Waals surface area contributed by atoms with Crippen molar-refractivity contribution >= 4 is 43.0 Å². The molecule has 3 aromatic carbocycles. The van der Waals surface area contributed by atoms with Gasteiger partial charge in [-0.05, 0) is 66.7 Å². The molecule has 0 atom stereocenters. The minimum Gasteiger partial charge on any atom is -0.495 e. The van der Waals surface area contributed by atoms with E-state index in [4.69, 9.17) is 16.3 Å². The van der Waals surface area contributed by atoms with E-state index < -0.39 is 25.9 Å². The molecule has 0 radical (unpaired) electrons. The van der Waals surface area contributed by atoms with Gasteiger partial charge in [0.1, 0.15) is 11.6 Å². The van der Waals surface area contributed by atoms with E-state index >= 15 is 0 Å². The summed E-state index contributed by atoms with van der Waals surface area (Å²) in [7, 11) is -6.47. The lowest BCUT2D eigenvalue weighted by Crippen LogP contribution is -2.14. The molecule has 0 aliphatic rings. The van der Waals surface area contributed by atoms with Crippen LogP contribution in [0.4, 0.5) is 15.8 Å². The molecule has 0 fully saturated rings. The van der Waals surface area contributed by atoms with Crippen molar-refractivity contribution in [3.8, 4) is 5.75 Å². The molecule has 0 bridgehead atoms. The van der Waals surface area contributed by atoms with Crippen molar-refractivity contribution in [2.75, 3.05) is 16.6 Å². The third-order valence-corrected chi connectivity index (χ3v) is 7.02. The van der Waals surface area contributed by atoms with Crippen LogP contribution in [0, 0.1) is 5.82 Å². The van der Waals surface area contributed by atoms with Gasteiger partial charge in [-0.25, -0.2) is 21.2 Å². The fourth-order valence-corrected chi connectivity index (χ4v) is 4.93. The van der Waals surface area contributed by atoms with Crippen LogP contribution in [0.3, 0.4) is 0 Å². The largest absolute Gasteiger partial charge is 0.495 e. The van der Waals surface area contributed by atoms with Gasteiger partial charge in [0.15, 0.2) is 0 Å². The maximum absolute atomic E-state index is 13.0. The zero-order valence-corrected chi connectivity index (χ0v) is 17.9. The Morgan fingerprint density at radius 3 is 1.73 bits per heavy atom. The molecular weight excluding hydrogens is 455 g/mol. The highest BCUT2D eigenvalue weighted by Gasteiger charge is 2.18. The number of anilines is 2. The van der Waals surface area contributed by atoms with E-state index in [1.165, 1.54) is 61.7 Å². The summed E-state index contributed by atoms with van der Waals surface area (Å²) in [6, 6.07) is 13.9. The molecule has 0 spiro atoms. The Labute approximate surface area is 178 Å². The Hall–Kier alpha value is -2.82. The lowest BCUT2D eigenvalue weighted by molar-refractivity contribution is 0.414. The summed E-state index contributed by atoms with van der Waals surface area (Å²) < 4.78 is 72.5. The summed E-state index contributed by atoms with van der Waals surface area (Å²) >= 11 is 5.97. The molecule has 0 aromatic heterocycles. The third kappa shape index (κ3) is 5.02. The lowest BCUT2D eigenvalue weighted by atomic mass is 10.3. The molecular formula is C19H16ClFN2O5S2. The monoisotopic (exact) mass is 470 g/mol. The first kappa shape index (κ1) is 21.9.